The molecule has 6 saturated heterocycles. The Morgan fingerprint density at radius 3 is 0.647 bits per heavy atom. The molecule has 30 atom stereocenters. The first kappa shape index (κ1) is 72.8. The molecule has 6 fully saturated rings. The van der Waals surface area contributed by atoms with Crippen LogP contribution in [0.15, 0.2) is 0 Å². The lowest BCUT2D eigenvalue weighted by Crippen LogP contribution is -2.69. The largest absolute Gasteiger partial charge is 0.382 e. The van der Waals surface area contributed by atoms with E-state index >= 15 is 0 Å². The fourth-order valence-corrected chi connectivity index (χ4v) is 12.4. The molecule has 500 valence electrons. The third-order valence-corrected chi connectivity index (χ3v) is 16.4. The number of nitrogens with two attached hydrogens (primary N) is 1. The second kappa shape index (κ2) is 36.1. The first-order valence-corrected chi connectivity index (χ1v) is 28.1. The van der Waals surface area contributed by atoms with Gasteiger partial charge < -0.3 is 148 Å². The van der Waals surface area contributed by atoms with Crippen LogP contribution in [-0.2, 0) is 137 Å². The summed E-state index contributed by atoms with van der Waals surface area (Å²) in [4.78, 5) is 0. The van der Waals surface area contributed by atoms with Crippen molar-refractivity contribution in [1.82, 2.24) is 0 Å². The molecule has 0 radical (unpaired) electrons. The second-order valence-electron chi connectivity index (χ2n) is 21.0. The van der Waals surface area contributed by atoms with Gasteiger partial charge in [-0.1, -0.05) is 0 Å². The number of hydrogen-bond acceptors (Lipinski definition) is 31. The van der Waals surface area contributed by atoms with Crippen LogP contribution >= 0.6 is 0 Å². The molecular weight excluding hydrogens is 1140 g/mol. The standard InChI is InChI=1S/C54H99NO30/c1-57-19-25-31(55)37(63-7)44(70-14)50(76-25)82-33-27(21-59-3)78-52(46(72-16)39(33)65-9)84-35-29(23-61-5)80-54(48(74-18)41(35)67-11)85-36-30(24-62-6)79-53(47(73-17)42(36)68-12)83-34-28(22-60-4)77-51(45(71-15)40(34)66-10)81-32-26(20-58-2)75-49(56)43(69-13)38(32)64-8/h25-54,56H,19-24,55H2,1-18H3/t25-,26-,27-,28-,29-,30-,31-,32-,33-,34-,35-,36-,37+,38+,39+,40+,41+,42+,43-,44-,45-,46-,47-,48-,49-,50-,51-,52-,53-,54-/m1/s1. The third-order valence-electron chi connectivity index (χ3n) is 16.4. The maximum Gasteiger partial charge on any atom is 0.187 e. The van der Waals surface area contributed by atoms with E-state index in [-0.39, 0.29) is 39.6 Å². The number of rotatable bonds is 34. The Balaban J connectivity index is 1.24. The van der Waals surface area contributed by atoms with Gasteiger partial charge in [0.15, 0.2) is 37.7 Å². The van der Waals surface area contributed by atoms with E-state index in [0.717, 1.165) is 0 Å². The van der Waals surface area contributed by atoms with Gasteiger partial charge in [0.05, 0.1) is 45.7 Å². The molecule has 31 nitrogen and oxygen atoms in total. The molecule has 0 spiro atoms. The van der Waals surface area contributed by atoms with E-state index < -0.39 is 184 Å². The van der Waals surface area contributed by atoms with Gasteiger partial charge in [-0.3, -0.25) is 0 Å². The summed E-state index contributed by atoms with van der Waals surface area (Å²) in [5, 5.41) is 10.8. The van der Waals surface area contributed by atoms with Crippen molar-refractivity contribution in [3.8, 4) is 0 Å². The van der Waals surface area contributed by atoms with Crippen LogP contribution in [0, 0.1) is 0 Å². The number of aliphatic hydroxyl groups excluding tert-OH is 1. The Bertz CT molecular complexity index is 1830. The number of methoxy groups -OCH3 is 18. The molecule has 0 aromatic heterocycles. The number of hydrogen-bond donors (Lipinski definition) is 2. The molecular formula is C54H99NO30. The molecule has 6 rings (SSSR count). The first-order chi connectivity index (χ1) is 41.2. The van der Waals surface area contributed by atoms with Gasteiger partial charge in [-0.2, -0.15) is 0 Å². The van der Waals surface area contributed by atoms with Crippen molar-refractivity contribution >= 4 is 0 Å². The Kier molecular flexibility index (Phi) is 30.9. The Morgan fingerprint density at radius 2 is 0.424 bits per heavy atom. The highest BCUT2D eigenvalue weighted by atomic mass is 16.8. The fourth-order valence-electron chi connectivity index (χ4n) is 12.4. The van der Waals surface area contributed by atoms with E-state index in [9.17, 15) is 5.11 Å². The van der Waals surface area contributed by atoms with Crippen molar-refractivity contribution in [1.29, 1.82) is 0 Å². The smallest absolute Gasteiger partial charge is 0.187 e. The summed E-state index contributed by atoms with van der Waals surface area (Å²) in [6, 6.07) is -0.598. The lowest BCUT2D eigenvalue weighted by Gasteiger charge is -2.52. The summed E-state index contributed by atoms with van der Waals surface area (Å²) in [5.74, 6) is 0. The summed E-state index contributed by atoms with van der Waals surface area (Å²) >= 11 is 0. The zero-order valence-corrected chi connectivity index (χ0v) is 52.4. The Labute approximate surface area is 498 Å². The van der Waals surface area contributed by atoms with Crippen molar-refractivity contribution in [3.05, 3.63) is 0 Å². The van der Waals surface area contributed by atoms with Crippen molar-refractivity contribution in [2.24, 2.45) is 5.73 Å². The van der Waals surface area contributed by atoms with Gasteiger partial charge >= 0.3 is 0 Å². The summed E-state index contributed by atoms with van der Waals surface area (Å²) in [6.07, 6.45) is -27.3. The highest BCUT2D eigenvalue weighted by Crippen LogP contribution is 2.41. The molecule has 31 heteroatoms. The average molecular weight is 1240 g/mol. The number of aliphatic hydroxyl groups is 1. The average Bonchev–Trinajstić information content (AvgIpc) is 3.07. The van der Waals surface area contributed by atoms with Crippen LogP contribution in [0.3, 0.4) is 0 Å². The predicted octanol–water partition coefficient (Wildman–Crippen LogP) is -2.36. The van der Waals surface area contributed by atoms with Crippen LogP contribution < -0.4 is 5.73 Å². The maximum absolute atomic E-state index is 10.8. The number of ether oxygens (including phenoxy) is 29. The van der Waals surface area contributed by atoms with Crippen LogP contribution in [0.2, 0.25) is 0 Å². The van der Waals surface area contributed by atoms with Crippen molar-refractivity contribution in [2.75, 3.05) is 168 Å². The molecule has 0 aliphatic carbocycles. The van der Waals surface area contributed by atoms with E-state index in [4.69, 9.17) is 143 Å². The third kappa shape index (κ3) is 16.5. The monoisotopic (exact) mass is 1240 g/mol. The van der Waals surface area contributed by atoms with Gasteiger partial charge in [-0.15, -0.1) is 0 Å². The topological polar surface area (TPSA) is 314 Å². The fraction of sp³-hybridized carbons (Fsp3) is 1.00. The van der Waals surface area contributed by atoms with Crippen LogP contribution in [0.1, 0.15) is 0 Å². The van der Waals surface area contributed by atoms with E-state index in [1.54, 1.807) is 7.11 Å². The summed E-state index contributed by atoms with van der Waals surface area (Å²) in [7, 11) is 27.1. The Morgan fingerprint density at radius 1 is 0.235 bits per heavy atom. The summed E-state index contributed by atoms with van der Waals surface area (Å²) in [6.45, 7) is 0.178. The maximum atomic E-state index is 10.8. The lowest BCUT2D eigenvalue weighted by molar-refractivity contribution is -0.401. The molecule has 3 N–H and O–H groups in total. The summed E-state index contributed by atoms with van der Waals surface area (Å²) in [5.41, 5.74) is 6.56. The highest BCUT2D eigenvalue weighted by Gasteiger charge is 2.60. The van der Waals surface area contributed by atoms with E-state index in [1.807, 2.05) is 0 Å². The lowest BCUT2D eigenvalue weighted by atomic mass is 9.94. The molecule has 0 aromatic carbocycles. The quantitative estimate of drug-likeness (QED) is 0.0681. The minimum absolute atomic E-state index is 0.00522. The molecule has 6 aliphatic heterocycles. The minimum atomic E-state index is -1.34. The van der Waals surface area contributed by atoms with Gasteiger partial charge in [0.1, 0.15) is 140 Å². The van der Waals surface area contributed by atoms with Gasteiger partial charge in [-0.05, 0) is 0 Å². The molecule has 0 unspecified atom stereocenters. The van der Waals surface area contributed by atoms with Crippen molar-refractivity contribution < 1.29 is 142 Å². The normalized spacial score (nSPS) is 44.6. The first-order valence-electron chi connectivity index (χ1n) is 28.1. The molecule has 0 bridgehead atoms. The molecule has 0 amide bonds. The molecule has 0 aromatic rings. The molecule has 0 saturated carbocycles. The second-order valence-corrected chi connectivity index (χ2v) is 21.0. The minimum Gasteiger partial charge on any atom is -0.382 e. The van der Waals surface area contributed by atoms with Crippen LogP contribution in [-0.4, -0.2) is 357 Å². The van der Waals surface area contributed by atoms with Crippen LogP contribution in [0.4, 0.5) is 0 Å². The van der Waals surface area contributed by atoms with E-state index in [1.165, 1.54) is 121 Å². The van der Waals surface area contributed by atoms with E-state index in [0.29, 0.717) is 0 Å². The molecule has 85 heavy (non-hydrogen) atoms. The predicted molar refractivity (Wildman–Crippen MR) is 287 cm³/mol. The van der Waals surface area contributed by atoms with Crippen molar-refractivity contribution in [3.63, 3.8) is 0 Å². The zero-order valence-electron chi connectivity index (χ0n) is 52.4. The van der Waals surface area contributed by atoms with Crippen LogP contribution in [0.25, 0.3) is 0 Å². The van der Waals surface area contributed by atoms with Gasteiger partial charge in [0.25, 0.3) is 0 Å². The van der Waals surface area contributed by atoms with E-state index in [2.05, 4.69) is 0 Å². The molecule has 6 aliphatic rings. The van der Waals surface area contributed by atoms with Gasteiger partial charge in [0, 0.05) is 128 Å². The highest BCUT2D eigenvalue weighted by molar-refractivity contribution is 5.02. The van der Waals surface area contributed by atoms with Crippen LogP contribution in [0.5, 0.6) is 0 Å². The van der Waals surface area contributed by atoms with Gasteiger partial charge in [-0.25, -0.2) is 0 Å². The Hall–Kier alpha value is -1.24. The zero-order chi connectivity index (χ0) is 62.1. The van der Waals surface area contributed by atoms with Crippen molar-refractivity contribution in [2.45, 2.75) is 184 Å². The molecule has 6 heterocycles. The SMILES string of the molecule is COC[C@H]1O[C@H](O[C@H]2[C@H](OC)[C@@H](OC)[C@@H](O[C@H]3[C@H](OC)[C@@H](OC)[C@@H](O[C@H]4[C@H](OC)[C@@H](OC)[C@@H](O[C@H]5[C@H](OC)[C@@H](OC)[C@@H](O[C@H]6[C@H](OC)[C@@H](OC)[C@H](O)O[C@@H]6COC)O[C@@H]5COC)O[C@@H]4COC)O[C@@H]3COC)O[C@@H]2COC)[C@H](OC)[C@@H](OC)[C@@H]1N. The summed E-state index contributed by atoms with van der Waals surface area (Å²) < 4.78 is 180. The van der Waals surface area contributed by atoms with Gasteiger partial charge in [0.2, 0.25) is 0 Å².